The van der Waals surface area contributed by atoms with E-state index in [0.29, 0.717) is 19.6 Å². The molecule has 1 aliphatic heterocycles. The highest BCUT2D eigenvalue weighted by molar-refractivity contribution is 5.85. The summed E-state index contributed by atoms with van der Waals surface area (Å²) in [6.45, 7) is 6.69. The molecular weight excluding hydrogens is 244 g/mol. The van der Waals surface area contributed by atoms with Crippen molar-refractivity contribution in [2.45, 2.75) is 32.4 Å². The summed E-state index contributed by atoms with van der Waals surface area (Å²) in [5.74, 6) is 0.0441. The lowest BCUT2D eigenvalue weighted by Crippen LogP contribution is -2.62. The van der Waals surface area contributed by atoms with Crippen molar-refractivity contribution in [2.24, 2.45) is 0 Å². The Morgan fingerprint density at radius 1 is 1.47 bits per heavy atom. The van der Waals surface area contributed by atoms with Crippen molar-refractivity contribution in [3.63, 3.8) is 0 Å². The molecule has 110 valence electrons. The topological polar surface area (TPSA) is 64.7 Å². The Morgan fingerprint density at radius 2 is 2.16 bits per heavy atom. The predicted octanol–water partition coefficient (Wildman–Crippen LogP) is -0.737. The summed E-state index contributed by atoms with van der Waals surface area (Å²) in [5, 5.41) is 6.11. The minimum absolute atomic E-state index is 0.000283. The van der Waals surface area contributed by atoms with Gasteiger partial charge < -0.3 is 15.5 Å². The van der Waals surface area contributed by atoms with E-state index in [1.807, 2.05) is 18.7 Å². The zero-order valence-electron chi connectivity index (χ0n) is 12.4. The third-order valence-corrected chi connectivity index (χ3v) is 3.44. The second-order valence-electron chi connectivity index (χ2n) is 5.16. The van der Waals surface area contributed by atoms with Gasteiger partial charge in [0.1, 0.15) is 6.04 Å². The Balaban J connectivity index is 2.70. The molecule has 0 aromatic carbocycles. The van der Waals surface area contributed by atoms with Crippen molar-refractivity contribution in [3.05, 3.63) is 0 Å². The average Bonchev–Trinajstić information content (AvgIpc) is 2.42. The number of amides is 2. The average molecular weight is 270 g/mol. The second kappa shape index (κ2) is 7.45. The van der Waals surface area contributed by atoms with Gasteiger partial charge in [-0.3, -0.25) is 14.5 Å². The van der Waals surface area contributed by atoms with Crippen molar-refractivity contribution in [2.75, 3.05) is 40.3 Å². The first-order valence-corrected chi connectivity index (χ1v) is 6.94. The van der Waals surface area contributed by atoms with Crippen LogP contribution in [0, 0.1) is 0 Å². The molecule has 0 aliphatic carbocycles. The number of carbonyl (C=O) groups is 2. The fourth-order valence-electron chi connectivity index (χ4n) is 2.26. The highest BCUT2D eigenvalue weighted by Crippen LogP contribution is 2.11. The molecule has 1 rings (SSSR count). The zero-order chi connectivity index (χ0) is 14.4. The van der Waals surface area contributed by atoms with Gasteiger partial charge in [0.2, 0.25) is 11.8 Å². The fraction of sp³-hybridized carbons (Fsp3) is 0.846. The van der Waals surface area contributed by atoms with Gasteiger partial charge in [-0.2, -0.15) is 0 Å². The van der Waals surface area contributed by atoms with Gasteiger partial charge in [0.05, 0.1) is 6.04 Å². The van der Waals surface area contributed by atoms with E-state index in [1.165, 1.54) is 0 Å². The molecule has 2 amide bonds. The summed E-state index contributed by atoms with van der Waals surface area (Å²) in [6, 6.07) is -0.534. The monoisotopic (exact) mass is 270 g/mol. The third kappa shape index (κ3) is 4.18. The van der Waals surface area contributed by atoms with Crippen LogP contribution in [0.15, 0.2) is 0 Å². The molecule has 0 saturated carbocycles. The number of likely N-dealkylation sites (N-methyl/N-ethyl adjacent to an activating group) is 1. The smallest absolute Gasteiger partial charge is 0.240 e. The molecule has 2 unspecified atom stereocenters. The van der Waals surface area contributed by atoms with Gasteiger partial charge in [-0.25, -0.2) is 0 Å². The Bertz CT molecular complexity index is 320. The lowest BCUT2D eigenvalue weighted by atomic mass is 10.1. The van der Waals surface area contributed by atoms with Crippen LogP contribution < -0.4 is 10.6 Å². The highest BCUT2D eigenvalue weighted by atomic mass is 16.2. The van der Waals surface area contributed by atoms with Crippen molar-refractivity contribution in [1.82, 2.24) is 20.4 Å². The predicted molar refractivity (Wildman–Crippen MR) is 74.8 cm³/mol. The molecule has 1 saturated heterocycles. The van der Waals surface area contributed by atoms with Gasteiger partial charge in [0.25, 0.3) is 0 Å². The van der Waals surface area contributed by atoms with Crippen LogP contribution >= 0.6 is 0 Å². The van der Waals surface area contributed by atoms with E-state index < -0.39 is 0 Å². The van der Waals surface area contributed by atoms with Crippen molar-refractivity contribution < 1.29 is 9.59 Å². The summed E-state index contributed by atoms with van der Waals surface area (Å²) in [4.78, 5) is 27.8. The van der Waals surface area contributed by atoms with Crippen LogP contribution in [-0.4, -0.2) is 74.0 Å². The number of nitrogens with one attached hydrogen (secondary N) is 2. The van der Waals surface area contributed by atoms with E-state index in [9.17, 15) is 9.59 Å². The first-order chi connectivity index (χ1) is 8.99. The Morgan fingerprint density at radius 3 is 2.74 bits per heavy atom. The van der Waals surface area contributed by atoms with E-state index in [4.69, 9.17) is 0 Å². The molecule has 19 heavy (non-hydrogen) atoms. The van der Waals surface area contributed by atoms with Gasteiger partial charge in [0, 0.05) is 40.3 Å². The molecule has 0 radical (unpaired) electrons. The zero-order valence-corrected chi connectivity index (χ0v) is 12.4. The van der Waals surface area contributed by atoms with Crippen molar-refractivity contribution in [1.29, 1.82) is 0 Å². The van der Waals surface area contributed by atoms with Gasteiger partial charge in [0.15, 0.2) is 0 Å². The molecule has 1 heterocycles. The molecule has 2 atom stereocenters. The molecule has 1 fully saturated rings. The minimum atomic E-state index is -0.275. The van der Waals surface area contributed by atoms with Gasteiger partial charge in [-0.05, 0) is 13.3 Å². The SMILES string of the molecule is CCCNC(=O)C(C)N1CCNCC1C(=O)N(C)C. The number of carbonyl (C=O) groups excluding carboxylic acids is 2. The Hall–Kier alpha value is -1.14. The quantitative estimate of drug-likeness (QED) is 0.691. The van der Waals surface area contributed by atoms with Gasteiger partial charge >= 0.3 is 0 Å². The van der Waals surface area contributed by atoms with Crippen molar-refractivity contribution >= 4 is 11.8 Å². The van der Waals surface area contributed by atoms with Crippen LogP contribution in [-0.2, 0) is 9.59 Å². The van der Waals surface area contributed by atoms with E-state index in [2.05, 4.69) is 10.6 Å². The van der Waals surface area contributed by atoms with Crippen molar-refractivity contribution in [3.8, 4) is 0 Å². The summed E-state index contributed by atoms with van der Waals surface area (Å²) < 4.78 is 0. The van der Waals surface area contributed by atoms with E-state index >= 15 is 0 Å². The molecular formula is C13H26N4O2. The molecule has 1 aliphatic rings. The summed E-state index contributed by atoms with van der Waals surface area (Å²) in [6.07, 6.45) is 0.917. The molecule has 6 heteroatoms. The van der Waals surface area contributed by atoms with Crippen LogP contribution in [0.1, 0.15) is 20.3 Å². The highest BCUT2D eigenvalue weighted by Gasteiger charge is 2.35. The second-order valence-corrected chi connectivity index (χ2v) is 5.16. The maximum absolute atomic E-state index is 12.2. The molecule has 0 aromatic rings. The van der Waals surface area contributed by atoms with E-state index in [-0.39, 0.29) is 23.9 Å². The van der Waals surface area contributed by atoms with Crippen LogP contribution in [0.4, 0.5) is 0 Å². The van der Waals surface area contributed by atoms with Crippen LogP contribution in [0.25, 0.3) is 0 Å². The first-order valence-electron chi connectivity index (χ1n) is 6.94. The number of hydrogen-bond acceptors (Lipinski definition) is 4. The van der Waals surface area contributed by atoms with Crippen LogP contribution in [0.5, 0.6) is 0 Å². The van der Waals surface area contributed by atoms with E-state index in [1.54, 1.807) is 19.0 Å². The number of nitrogens with zero attached hydrogens (tertiary/aromatic N) is 2. The van der Waals surface area contributed by atoms with Crippen LogP contribution in [0.3, 0.4) is 0 Å². The Kier molecular flexibility index (Phi) is 6.24. The Labute approximate surface area is 115 Å². The maximum Gasteiger partial charge on any atom is 0.240 e. The summed E-state index contributed by atoms with van der Waals surface area (Å²) in [7, 11) is 3.49. The summed E-state index contributed by atoms with van der Waals surface area (Å²) in [5.41, 5.74) is 0. The molecule has 2 N–H and O–H groups in total. The van der Waals surface area contributed by atoms with Gasteiger partial charge in [-0.15, -0.1) is 0 Å². The van der Waals surface area contributed by atoms with Gasteiger partial charge in [-0.1, -0.05) is 6.92 Å². The first kappa shape index (κ1) is 15.9. The maximum atomic E-state index is 12.2. The number of rotatable bonds is 5. The molecule has 6 nitrogen and oxygen atoms in total. The number of piperazine rings is 1. The van der Waals surface area contributed by atoms with Crippen LogP contribution in [0.2, 0.25) is 0 Å². The fourth-order valence-corrected chi connectivity index (χ4v) is 2.26. The summed E-state index contributed by atoms with van der Waals surface area (Å²) >= 11 is 0. The van der Waals surface area contributed by atoms with E-state index in [0.717, 1.165) is 13.0 Å². The third-order valence-electron chi connectivity index (χ3n) is 3.44. The lowest BCUT2D eigenvalue weighted by molar-refractivity contribution is -0.138. The number of hydrogen-bond donors (Lipinski definition) is 2. The largest absolute Gasteiger partial charge is 0.355 e. The molecule has 0 aromatic heterocycles. The normalized spacial score (nSPS) is 21.8. The minimum Gasteiger partial charge on any atom is -0.355 e. The lowest BCUT2D eigenvalue weighted by Gasteiger charge is -2.39. The molecule has 0 bridgehead atoms. The standard InChI is InChI=1S/C13H26N4O2/c1-5-6-15-12(18)10(2)17-8-7-14-9-11(17)13(19)16(3)4/h10-11,14H,5-9H2,1-4H3,(H,15,18). The molecule has 0 spiro atoms.